The van der Waals surface area contributed by atoms with Crippen LogP contribution < -0.4 is 11.3 Å². The second kappa shape index (κ2) is 5.91. The van der Waals surface area contributed by atoms with Crippen LogP contribution in [0.2, 0.25) is 0 Å². The third kappa shape index (κ3) is 2.91. The normalized spacial score (nSPS) is 23.0. The zero-order chi connectivity index (χ0) is 11.4. The monoisotopic (exact) mass is 255 g/mol. The van der Waals surface area contributed by atoms with E-state index in [4.69, 9.17) is 5.84 Å². The number of nitrogens with two attached hydrogens (primary N) is 1. The van der Waals surface area contributed by atoms with Gasteiger partial charge in [0.05, 0.1) is 6.04 Å². The molecule has 3 nitrogen and oxygen atoms in total. The highest BCUT2D eigenvalue weighted by Gasteiger charge is 2.25. The van der Waals surface area contributed by atoms with Gasteiger partial charge in [-0.25, -0.2) is 0 Å². The van der Waals surface area contributed by atoms with Gasteiger partial charge in [-0.3, -0.25) is 16.3 Å². The molecule has 1 aliphatic heterocycles. The molecule has 5 heteroatoms. The average molecular weight is 255 g/mol. The number of nitrogens with zero attached hydrogens (tertiary/aromatic N) is 1. The van der Waals surface area contributed by atoms with Crippen LogP contribution in [0.1, 0.15) is 17.3 Å². The Balaban J connectivity index is 2.11. The zero-order valence-electron chi connectivity index (χ0n) is 9.35. The molecule has 0 saturated carbocycles. The molecule has 1 aromatic heterocycles. The Morgan fingerprint density at radius 3 is 2.94 bits per heavy atom. The Kier molecular flexibility index (Phi) is 4.52. The molecule has 2 heterocycles. The van der Waals surface area contributed by atoms with Crippen LogP contribution in [-0.4, -0.2) is 27.5 Å². The van der Waals surface area contributed by atoms with E-state index in [0.29, 0.717) is 5.25 Å². The summed E-state index contributed by atoms with van der Waals surface area (Å²) < 4.78 is 0. The maximum Gasteiger partial charge on any atom is 0.0601 e. The Labute approximate surface area is 105 Å². The van der Waals surface area contributed by atoms with Crippen molar-refractivity contribution in [1.29, 1.82) is 0 Å². The number of hydrogen-bond donors (Lipinski definition) is 2. The van der Waals surface area contributed by atoms with Gasteiger partial charge < -0.3 is 0 Å². The predicted molar refractivity (Wildman–Crippen MR) is 72.6 cm³/mol. The molecule has 2 rings (SSSR count). The van der Waals surface area contributed by atoms with Crippen molar-refractivity contribution in [2.75, 3.05) is 17.3 Å². The molecule has 0 bridgehead atoms. The summed E-state index contributed by atoms with van der Waals surface area (Å²) in [6.07, 6.45) is 1.93. The van der Waals surface area contributed by atoms with Crippen molar-refractivity contribution in [2.24, 2.45) is 5.84 Å². The van der Waals surface area contributed by atoms with Gasteiger partial charge in [-0.05, 0) is 18.6 Å². The van der Waals surface area contributed by atoms with Crippen molar-refractivity contribution >= 4 is 23.5 Å². The van der Waals surface area contributed by atoms with E-state index in [2.05, 4.69) is 16.5 Å². The minimum Gasteiger partial charge on any atom is -0.271 e. The van der Waals surface area contributed by atoms with Crippen molar-refractivity contribution in [3.8, 4) is 0 Å². The van der Waals surface area contributed by atoms with Crippen molar-refractivity contribution < 1.29 is 0 Å². The standard InChI is InChI=1S/C11H17N3S2/c1-8-2-3-9(6-13-8)11(14-12)10-7-15-4-5-16-10/h2-3,6,10-11,14H,4-5,7,12H2,1H3. The number of thioether (sulfide) groups is 2. The number of rotatable bonds is 3. The number of pyridine rings is 1. The highest BCUT2D eigenvalue weighted by Crippen LogP contribution is 2.32. The largest absolute Gasteiger partial charge is 0.271 e. The zero-order valence-corrected chi connectivity index (χ0v) is 11.0. The first-order valence-electron chi connectivity index (χ1n) is 5.39. The summed E-state index contributed by atoms with van der Waals surface area (Å²) in [4.78, 5) is 4.33. The number of aryl methyl sites for hydroxylation is 1. The number of hydrazine groups is 1. The second-order valence-electron chi connectivity index (χ2n) is 3.86. The molecule has 1 aromatic rings. The molecular weight excluding hydrogens is 238 g/mol. The molecule has 3 N–H and O–H groups in total. The van der Waals surface area contributed by atoms with E-state index in [1.165, 1.54) is 17.1 Å². The molecular formula is C11H17N3S2. The lowest BCUT2D eigenvalue weighted by molar-refractivity contribution is 0.551. The summed E-state index contributed by atoms with van der Waals surface area (Å²) >= 11 is 4.01. The summed E-state index contributed by atoms with van der Waals surface area (Å²) in [7, 11) is 0. The Morgan fingerprint density at radius 2 is 2.38 bits per heavy atom. The van der Waals surface area contributed by atoms with E-state index in [9.17, 15) is 0 Å². The molecule has 0 spiro atoms. The van der Waals surface area contributed by atoms with Crippen LogP contribution >= 0.6 is 23.5 Å². The highest BCUT2D eigenvalue weighted by molar-refractivity contribution is 8.06. The quantitative estimate of drug-likeness (QED) is 0.636. The molecule has 0 aliphatic carbocycles. The lowest BCUT2D eigenvalue weighted by Crippen LogP contribution is -2.37. The molecule has 2 atom stereocenters. The molecule has 16 heavy (non-hydrogen) atoms. The SMILES string of the molecule is Cc1ccc(C(NN)C2CSCCS2)cn1. The Bertz CT molecular complexity index is 323. The van der Waals surface area contributed by atoms with Crippen LogP contribution in [0.4, 0.5) is 0 Å². The van der Waals surface area contributed by atoms with E-state index in [0.717, 1.165) is 11.4 Å². The number of hydrogen-bond acceptors (Lipinski definition) is 5. The third-order valence-corrected chi connectivity index (χ3v) is 5.55. The first kappa shape index (κ1) is 12.2. The Morgan fingerprint density at radius 1 is 1.50 bits per heavy atom. The van der Waals surface area contributed by atoms with Crippen LogP contribution in [0.15, 0.2) is 18.3 Å². The number of aromatic nitrogens is 1. The van der Waals surface area contributed by atoms with E-state index in [1.807, 2.05) is 42.7 Å². The predicted octanol–water partition coefficient (Wildman–Crippen LogP) is 1.74. The van der Waals surface area contributed by atoms with Crippen LogP contribution in [0.5, 0.6) is 0 Å². The van der Waals surface area contributed by atoms with Gasteiger partial charge in [-0.15, -0.1) is 0 Å². The van der Waals surface area contributed by atoms with Gasteiger partial charge in [-0.1, -0.05) is 6.07 Å². The van der Waals surface area contributed by atoms with Crippen LogP contribution in [0.3, 0.4) is 0 Å². The minimum absolute atomic E-state index is 0.214. The van der Waals surface area contributed by atoms with Gasteiger partial charge in [0.25, 0.3) is 0 Å². The molecule has 1 saturated heterocycles. The molecule has 0 radical (unpaired) electrons. The van der Waals surface area contributed by atoms with Crippen molar-refractivity contribution in [3.05, 3.63) is 29.6 Å². The van der Waals surface area contributed by atoms with Crippen molar-refractivity contribution in [2.45, 2.75) is 18.2 Å². The smallest absolute Gasteiger partial charge is 0.0601 e. The van der Waals surface area contributed by atoms with E-state index in [-0.39, 0.29) is 6.04 Å². The van der Waals surface area contributed by atoms with Crippen LogP contribution in [-0.2, 0) is 0 Å². The van der Waals surface area contributed by atoms with Gasteiger partial charge >= 0.3 is 0 Å². The minimum atomic E-state index is 0.214. The summed E-state index contributed by atoms with van der Waals surface area (Å²) in [6.45, 7) is 2.00. The van der Waals surface area contributed by atoms with Gasteiger partial charge in [0, 0.05) is 34.4 Å². The van der Waals surface area contributed by atoms with Gasteiger partial charge in [0.1, 0.15) is 0 Å². The lowest BCUT2D eigenvalue weighted by atomic mass is 10.1. The highest BCUT2D eigenvalue weighted by atomic mass is 32.2. The second-order valence-corrected chi connectivity index (χ2v) is 6.36. The van der Waals surface area contributed by atoms with E-state index < -0.39 is 0 Å². The first-order chi connectivity index (χ1) is 7.81. The summed E-state index contributed by atoms with van der Waals surface area (Å²) in [5.74, 6) is 9.30. The van der Waals surface area contributed by atoms with E-state index >= 15 is 0 Å². The Hall–Kier alpha value is -0.230. The molecule has 1 fully saturated rings. The molecule has 1 aliphatic rings. The topological polar surface area (TPSA) is 50.9 Å². The molecule has 0 aromatic carbocycles. The number of nitrogens with one attached hydrogen (secondary N) is 1. The fraction of sp³-hybridized carbons (Fsp3) is 0.545. The lowest BCUT2D eigenvalue weighted by Gasteiger charge is -2.29. The maximum absolute atomic E-state index is 5.67. The molecule has 0 amide bonds. The van der Waals surface area contributed by atoms with Gasteiger partial charge in [0.2, 0.25) is 0 Å². The summed E-state index contributed by atoms with van der Waals surface area (Å²) in [5.41, 5.74) is 5.17. The fourth-order valence-corrected chi connectivity index (χ4v) is 4.63. The van der Waals surface area contributed by atoms with Gasteiger partial charge in [-0.2, -0.15) is 23.5 Å². The fourth-order valence-electron chi connectivity index (χ4n) is 1.78. The maximum atomic E-state index is 5.67. The van der Waals surface area contributed by atoms with Crippen LogP contribution in [0, 0.1) is 6.92 Å². The first-order valence-corrected chi connectivity index (χ1v) is 7.59. The van der Waals surface area contributed by atoms with E-state index in [1.54, 1.807) is 0 Å². The van der Waals surface area contributed by atoms with Crippen LogP contribution in [0.25, 0.3) is 0 Å². The van der Waals surface area contributed by atoms with Crippen molar-refractivity contribution in [3.63, 3.8) is 0 Å². The van der Waals surface area contributed by atoms with Gasteiger partial charge in [0.15, 0.2) is 0 Å². The average Bonchev–Trinajstić information content (AvgIpc) is 2.34. The summed E-state index contributed by atoms with van der Waals surface area (Å²) in [6, 6.07) is 4.37. The summed E-state index contributed by atoms with van der Waals surface area (Å²) in [5, 5.41) is 0.549. The molecule has 88 valence electrons. The van der Waals surface area contributed by atoms with Crippen molar-refractivity contribution in [1.82, 2.24) is 10.4 Å². The molecule has 2 unspecified atom stereocenters. The third-order valence-electron chi connectivity index (χ3n) is 2.69.